The van der Waals surface area contributed by atoms with E-state index in [2.05, 4.69) is 10.1 Å². The molecular formula is C18H16ClN3O3. The Labute approximate surface area is 150 Å². The van der Waals surface area contributed by atoms with E-state index in [-0.39, 0.29) is 12.5 Å². The highest BCUT2D eigenvalue weighted by Gasteiger charge is 2.17. The molecule has 6 nitrogen and oxygen atoms in total. The van der Waals surface area contributed by atoms with Gasteiger partial charge in [-0.05, 0) is 36.4 Å². The van der Waals surface area contributed by atoms with Gasteiger partial charge >= 0.3 is 0 Å². The lowest BCUT2D eigenvalue weighted by molar-refractivity contribution is 0.0769. The molecule has 1 aromatic heterocycles. The fourth-order valence-corrected chi connectivity index (χ4v) is 2.52. The van der Waals surface area contributed by atoms with Gasteiger partial charge in [0.1, 0.15) is 5.75 Å². The van der Waals surface area contributed by atoms with E-state index >= 15 is 0 Å². The zero-order valence-electron chi connectivity index (χ0n) is 13.8. The van der Waals surface area contributed by atoms with Crippen LogP contribution >= 0.6 is 11.6 Å². The van der Waals surface area contributed by atoms with Crippen molar-refractivity contribution in [3.05, 3.63) is 65.0 Å². The summed E-state index contributed by atoms with van der Waals surface area (Å²) in [5, 5.41) is 4.47. The van der Waals surface area contributed by atoms with E-state index < -0.39 is 0 Å². The van der Waals surface area contributed by atoms with Crippen LogP contribution in [0, 0.1) is 0 Å². The second-order valence-electron chi connectivity index (χ2n) is 5.38. The highest BCUT2D eigenvalue weighted by atomic mass is 35.5. The quantitative estimate of drug-likeness (QED) is 0.696. The second-order valence-corrected chi connectivity index (χ2v) is 5.79. The van der Waals surface area contributed by atoms with Crippen molar-refractivity contribution in [1.82, 2.24) is 15.0 Å². The SMILES string of the molecule is COc1ccc(C(=O)N(C)Cc2nc(-c3ccccc3Cl)no2)cc1. The third-order valence-electron chi connectivity index (χ3n) is 3.64. The van der Waals surface area contributed by atoms with Crippen molar-refractivity contribution in [2.24, 2.45) is 0 Å². The number of hydrogen-bond acceptors (Lipinski definition) is 5. The number of aromatic nitrogens is 2. The maximum atomic E-state index is 12.5. The van der Waals surface area contributed by atoms with E-state index in [9.17, 15) is 4.79 Å². The molecule has 0 radical (unpaired) electrons. The number of benzene rings is 2. The highest BCUT2D eigenvalue weighted by molar-refractivity contribution is 6.33. The van der Waals surface area contributed by atoms with Crippen LogP contribution in [0.2, 0.25) is 5.02 Å². The van der Waals surface area contributed by atoms with Gasteiger partial charge in [0.05, 0.1) is 18.7 Å². The van der Waals surface area contributed by atoms with Crippen LogP contribution in [0.1, 0.15) is 16.2 Å². The predicted octanol–water partition coefficient (Wildman–Crippen LogP) is 3.67. The second kappa shape index (κ2) is 7.36. The molecule has 3 rings (SSSR count). The van der Waals surface area contributed by atoms with Crippen molar-refractivity contribution in [2.45, 2.75) is 6.54 Å². The Kier molecular flexibility index (Phi) is 5.00. The summed E-state index contributed by atoms with van der Waals surface area (Å²) >= 11 is 6.13. The first-order valence-electron chi connectivity index (χ1n) is 7.55. The van der Waals surface area contributed by atoms with Gasteiger partial charge in [0.15, 0.2) is 0 Å². The van der Waals surface area contributed by atoms with Gasteiger partial charge in [-0.2, -0.15) is 4.98 Å². The largest absolute Gasteiger partial charge is 0.497 e. The minimum Gasteiger partial charge on any atom is -0.497 e. The van der Waals surface area contributed by atoms with Crippen LogP contribution < -0.4 is 4.74 Å². The standard InChI is InChI=1S/C18H16ClN3O3/c1-22(18(23)12-7-9-13(24-2)10-8-12)11-16-20-17(21-25-16)14-5-3-4-6-15(14)19/h3-10H,11H2,1-2H3. The van der Waals surface area contributed by atoms with E-state index in [4.69, 9.17) is 20.9 Å². The molecule has 25 heavy (non-hydrogen) atoms. The first-order valence-corrected chi connectivity index (χ1v) is 7.93. The van der Waals surface area contributed by atoms with Gasteiger partial charge in [-0.1, -0.05) is 28.9 Å². The molecular weight excluding hydrogens is 342 g/mol. The van der Waals surface area contributed by atoms with Crippen molar-refractivity contribution >= 4 is 17.5 Å². The molecule has 0 bridgehead atoms. The van der Waals surface area contributed by atoms with Crippen LogP contribution in [-0.4, -0.2) is 35.1 Å². The number of carbonyl (C=O) groups is 1. The van der Waals surface area contributed by atoms with Crippen LogP contribution in [0.25, 0.3) is 11.4 Å². The average molecular weight is 358 g/mol. The first-order chi connectivity index (χ1) is 12.1. The maximum Gasteiger partial charge on any atom is 0.254 e. The van der Waals surface area contributed by atoms with E-state index in [0.717, 1.165) is 0 Å². The van der Waals surface area contributed by atoms with Crippen LogP contribution in [0.4, 0.5) is 0 Å². The minimum atomic E-state index is -0.153. The molecule has 1 amide bonds. The summed E-state index contributed by atoms with van der Waals surface area (Å²) in [4.78, 5) is 18.3. The van der Waals surface area contributed by atoms with Gasteiger partial charge in [0.25, 0.3) is 5.91 Å². The number of ether oxygens (including phenoxy) is 1. The molecule has 0 unspecified atom stereocenters. The van der Waals surface area contributed by atoms with Crippen LogP contribution in [-0.2, 0) is 6.54 Å². The molecule has 7 heteroatoms. The van der Waals surface area contributed by atoms with E-state index in [0.29, 0.717) is 33.6 Å². The summed E-state index contributed by atoms with van der Waals surface area (Å²) in [6.45, 7) is 0.197. The van der Waals surface area contributed by atoms with Crippen molar-refractivity contribution in [3.63, 3.8) is 0 Å². The number of halogens is 1. The number of amides is 1. The molecule has 0 saturated carbocycles. The lowest BCUT2D eigenvalue weighted by Crippen LogP contribution is -2.26. The summed E-state index contributed by atoms with van der Waals surface area (Å²) in [6, 6.07) is 14.1. The summed E-state index contributed by atoms with van der Waals surface area (Å²) in [6.07, 6.45) is 0. The molecule has 3 aromatic rings. The number of hydrogen-bond donors (Lipinski definition) is 0. The fourth-order valence-electron chi connectivity index (χ4n) is 2.30. The minimum absolute atomic E-state index is 0.153. The van der Waals surface area contributed by atoms with Crippen molar-refractivity contribution in [3.8, 4) is 17.1 Å². The van der Waals surface area contributed by atoms with Crippen molar-refractivity contribution < 1.29 is 14.1 Å². The van der Waals surface area contributed by atoms with Crippen molar-refractivity contribution in [1.29, 1.82) is 0 Å². The van der Waals surface area contributed by atoms with Crippen molar-refractivity contribution in [2.75, 3.05) is 14.2 Å². The molecule has 2 aromatic carbocycles. The highest BCUT2D eigenvalue weighted by Crippen LogP contribution is 2.25. The fraction of sp³-hybridized carbons (Fsp3) is 0.167. The third kappa shape index (κ3) is 3.80. The van der Waals surface area contributed by atoms with E-state index in [1.807, 2.05) is 18.2 Å². The topological polar surface area (TPSA) is 68.5 Å². The number of nitrogens with zero attached hydrogens (tertiary/aromatic N) is 3. The van der Waals surface area contributed by atoms with Gasteiger partial charge in [0.2, 0.25) is 11.7 Å². The zero-order chi connectivity index (χ0) is 17.8. The molecule has 0 fully saturated rings. The molecule has 0 aliphatic heterocycles. The summed E-state index contributed by atoms with van der Waals surface area (Å²) in [5.74, 6) is 1.27. The number of rotatable bonds is 5. The maximum absolute atomic E-state index is 12.5. The molecule has 0 saturated heterocycles. The third-order valence-corrected chi connectivity index (χ3v) is 3.97. The number of methoxy groups -OCH3 is 1. The molecule has 0 spiro atoms. The Hall–Kier alpha value is -2.86. The Morgan fingerprint density at radius 3 is 2.60 bits per heavy atom. The lowest BCUT2D eigenvalue weighted by atomic mass is 10.2. The lowest BCUT2D eigenvalue weighted by Gasteiger charge is -2.14. The van der Waals surface area contributed by atoms with Gasteiger partial charge in [-0.3, -0.25) is 4.79 Å². The molecule has 1 heterocycles. The molecule has 0 aliphatic rings. The summed E-state index contributed by atoms with van der Waals surface area (Å²) in [5.41, 5.74) is 1.23. The normalized spacial score (nSPS) is 10.5. The number of carbonyl (C=O) groups excluding carboxylic acids is 1. The predicted molar refractivity (Wildman–Crippen MR) is 93.5 cm³/mol. The van der Waals surface area contributed by atoms with E-state index in [1.165, 1.54) is 4.90 Å². The van der Waals surface area contributed by atoms with Crippen LogP contribution in [0.15, 0.2) is 53.1 Å². The molecule has 0 aliphatic carbocycles. The van der Waals surface area contributed by atoms with Crippen LogP contribution in [0.5, 0.6) is 5.75 Å². The summed E-state index contributed by atoms with van der Waals surface area (Å²) in [7, 11) is 3.25. The van der Waals surface area contributed by atoms with Gasteiger partial charge < -0.3 is 14.2 Å². The Morgan fingerprint density at radius 2 is 1.92 bits per heavy atom. The first kappa shape index (κ1) is 17.0. The van der Waals surface area contributed by atoms with Gasteiger partial charge in [-0.15, -0.1) is 0 Å². The van der Waals surface area contributed by atoms with Gasteiger partial charge in [0, 0.05) is 18.2 Å². The summed E-state index contributed by atoms with van der Waals surface area (Å²) < 4.78 is 10.3. The zero-order valence-corrected chi connectivity index (χ0v) is 14.5. The monoisotopic (exact) mass is 357 g/mol. The molecule has 0 atom stereocenters. The smallest absolute Gasteiger partial charge is 0.254 e. The van der Waals surface area contributed by atoms with Gasteiger partial charge in [-0.25, -0.2) is 0 Å². The molecule has 128 valence electrons. The van der Waals surface area contributed by atoms with E-state index in [1.54, 1.807) is 44.5 Å². The Balaban J connectivity index is 1.71. The Morgan fingerprint density at radius 1 is 1.20 bits per heavy atom. The average Bonchev–Trinajstić information content (AvgIpc) is 3.09. The Bertz CT molecular complexity index is 877. The van der Waals surface area contributed by atoms with Crippen LogP contribution in [0.3, 0.4) is 0 Å². The molecule has 0 N–H and O–H groups in total.